The molecule has 1 aliphatic rings. The van der Waals surface area contributed by atoms with Crippen LogP contribution in [-0.4, -0.2) is 56.7 Å². The van der Waals surface area contributed by atoms with Crippen LogP contribution in [0.2, 0.25) is 0 Å². The van der Waals surface area contributed by atoms with Gasteiger partial charge in [0.2, 0.25) is 0 Å². The van der Waals surface area contributed by atoms with E-state index in [-0.39, 0.29) is 12.6 Å². The number of ether oxygens (including phenoxy) is 2. The number of hydrogen-bond donors (Lipinski definition) is 2. The van der Waals surface area contributed by atoms with Gasteiger partial charge in [-0.25, -0.2) is 0 Å². The van der Waals surface area contributed by atoms with Crippen molar-refractivity contribution in [2.45, 2.75) is 12.6 Å². The van der Waals surface area contributed by atoms with Crippen molar-refractivity contribution in [1.29, 1.82) is 0 Å². The summed E-state index contributed by atoms with van der Waals surface area (Å²) >= 11 is 0. The van der Waals surface area contributed by atoms with Gasteiger partial charge in [0, 0.05) is 31.7 Å². The average molecular weight is 448 g/mol. The van der Waals surface area contributed by atoms with Crippen LogP contribution >= 0.6 is 0 Å². The lowest BCUT2D eigenvalue weighted by atomic mass is 9.97. The summed E-state index contributed by atoms with van der Waals surface area (Å²) in [6, 6.07) is 21.8. The molecule has 0 saturated carbocycles. The van der Waals surface area contributed by atoms with Crippen molar-refractivity contribution in [3.63, 3.8) is 0 Å². The summed E-state index contributed by atoms with van der Waals surface area (Å²) in [7, 11) is 1.58. The zero-order valence-electron chi connectivity index (χ0n) is 18.8. The second-order valence-corrected chi connectivity index (χ2v) is 7.94. The van der Waals surface area contributed by atoms with Crippen LogP contribution in [0.1, 0.15) is 17.2 Å². The van der Waals surface area contributed by atoms with Crippen molar-refractivity contribution in [2.75, 3.05) is 40.0 Å². The molecule has 2 N–H and O–H groups in total. The standard InChI is InChI=1S/C26H29N3O4/c1-32-24-12-5-3-8-20(24)17-27-25(30)26(31)28-18-23(29-13-15-33-16-14-29)22-11-6-9-19-7-2-4-10-21(19)22/h2-12,23H,13-18H2,1H3,(H,27,30)(H,28,31)/t23-/m0/s1. The molecule has 3 aromatic carbocycles. The third-order valence-corrected chi connectivity index (χ3v) is 5.96. The zero-order valence-corrected chi connectivity index (χ0v) is 18.8. The first kappa shape index (κ1) is 22.8. The summed E-state index contributed by atoms with van der Waals surface area (Å²) in [5.74, 6) is -0.649. The molecule has 4 rings (SSSR count). The highest BCUT2D eigenvalue weighted by Crippen LogP contribution is 2.28. The molecule has 1 atom stereocenters. The van der Waals surface area contributed by atoms with Gasteiger partial charge in [-0.05, 0) is 22.4 Å². The number of carbonyl (C=O) groups excluding carboxylic acids is 2. The number of rotatable bonds is 7. The molecule has 172 valence electrons. The van der Waals surface area contributed by atoms with Crippen molar-refractivity contribution in [3.8, 4) is 5.75 Å². The summed E-state index contributed by atoms with van der Waals surface area (Å²) in [5.41, 5.74) is 1.94. The minimum atomic E-state index is -0.667. The number of para-hydroxylation sites is 1. The highest BCUT2D eigenvalue weighted by molar-refractivity contribution is 6.35. The molecule has 7 nitrogen and oxygen atoms in total. The van der Waals surface area contributed by atoms with E-state index < -0.39 is 11.8 Å². The lowest BCUT2D eigenvalue weighted by molar-refractivity contribution is -0.139. The summed E-state index contributed by atoms with van der Waals surface area (Å²) in [6.45, 7) is 3.37. The molecule has 0 unspecified atom stereocenters. The predicted molar refractivity (Wildman–Crippen MR) is 127 cm³/mol. The number of hydrogen-bond acceptors (Lipinski definition) is 5. The van der Waals surface area contributed by atoms with E-state index >= 15 is 0 Å². The van der Waals surface area contributed by atoms with Crippen LogP contribution in [0, 0.1) is 0 Å². The van der Waals surface area contributed by atoms with Gasteiger partial charge in [-0.15, -0.1) is 0 Å². The second kappa shape index (κ2) is 10.9. The molecular weight excluding hydrogens is 418 g/mol. The van der Waals surface area contributed by atoms with Crippen molar-refractivity contribution in [2.24, 2.45) is 0 Å². The Morgan fingerprint density at radius 3 is 2.45 bits per heavy atom. The Kier molecular flexibility index (Phi) is 7.55. The van der Waals surface area contributed by atoms with Crippen LogP contribution < -0.4 is 15.4 Å². The van der Waals surface area contributed by atoms with Crippen molar-refractivity contribution < 1.29 is 19.1 Å². The van der Waals surface area contributed by atoms with Crippen molar-refractivity contribution >= 4 is 22.6 Å². The van der Waals surface area contributed by atoms with Gasteiger partial charge in [0.1, 0.15) is 5.75 Å². The molecule has 0 radical (unpaired) electrons. The van der Waals surface area contributed by atoms with Gasteiger partial charge in [0.25, 0.3) is 0 Å². The fourth-order valence-electron chi connectivity index (χ4n) is 4.24. The fraction of sp³-hybridized carbons (Fsp3) is 0.308. The van der Waals surface area contributed by atoms with Crippen LogP contribution in [0.3, 0.4) is 0 Å². The first-order valence-corrected chi connectivity index (χ1v) is 11.1. The second-order valence-electron chi connectivity index (χ2n) is 7.94. The van der Waals surface area contributed by atoms with E-state index in [9.17, 15) is 9.59 Å². The van der Waals surface area contributed by atoms with E-state index in [0.717, 1.165) is 35.0 Å². The van der Waals surface area contributed by atoms with Crippen molar-refractivity contribution in [1.82, 2.24) is 15.5 Å². The Morgan fingerprint density at radius 1 is 0.939 bits per heavy atom. The van der Waals surface area contributed by atoms with Gasteiger partial charge in [-0.2, -0.15) is 0 Å². The Balaban J connectivity index is 1.45. The number of carbonyl (C=O) groups is 2. The third-order valence-electron chi connectivity index (χ3n) is 5.96. The summed E-state index contributed by atoms with van der Waals surface area (Å²) in [5, 5.41) is 7.82. The van der Waals surface area contributed by atoms with E-state index in [1.54, 1.807) is 7.11 Å². The first-order chi connectivity index (χ1) is 16.2. The monoisotopic (exact) mass is 447 g/mol. The molecule has 0 aromatic heterocycles. The molecule has 1 fully saturated rings. The van der Waals surface area contributed by atoms with E-state index in [2.05, 4.69) is 39.8 Å². The summed E-state index contributed by atoms with van der Waals surface area (Å²) < 4.78 is 10.8. The number of benzene rings is 3. The molecule has 0 bridgehead atoms. The number of fused-ring (bicyclic) bond motifs is 1. The van der Waals surface area contributed by atoms with E-state index in [0.29, 0.717) is 25.5 Å². The van der Waals surface area contributed by atoms with E-state index in [1.807, 2.05) is 42.5 Å². The Morgan fingerprint density at radius 2 is 1.64 bits per heavy atom. The predicted octanol–water partition coefficient (Wildman–Crippen LogP) is 2.65. The first-order valence-electron chi connectivity index (χ1n) is 11.1. The van der Waals surface area contributed by atoms with Gasteiger partial charge in [-0.3, -0.25) is 14.5 Å². The smallest absolute Gasteiger partial charge is 0.309 e. The van der Waals surface area contributed by atoms with Gasteiger partial charge in [-0.1, -0.05) is 60.7 Å². The molecule has 0 spiro atoms. The molecular formula is C26H29N3O4. The normalized spacial score (nSPS) is 15.1. The molecule has 33 heavy (non-hydrogen) atoms. The van der Waals surface area contributed by atoms with Crippen LogP contribution in [0.4, 0.5) is 0 Å². The summed E-state index contributed by atoms with van der Waals surface area (Å²) in [4.78, 5) is 27.4. The van der Waals surface area contributed by atoms with Crippen LogP contribution in [-0.2, 0) is 20.9 Å². The SMILES string of the molecule is COc1ccccc1CNC(=O)C(=O)NC[C@@H](c1cccc2ccccc12)N1CCOCC1. The minimum absolute atomic E-state index is 0.0639. The quantitative estimate of drug-likeness (QED) is 0.545. The van der Waals surface area contributed by atoms with Gasteiger partial charge in [0.15, 0.2) is 0 Å². The molecule has 1 aliphatic heterocycles. The van der Waals surface area contributed by atoms with Crippen LogP contribution in [0.25, 0.3) is 10.8 Å². The number of nitrogens with one attached hydrogen (secondary N) is 2. The minimum Gasteiger partial charge on any atom is -0.496 e. The van der Waals surface area contributed by atoms with Gasteiger partial charge < -0.3 is 20.1 Å². The van der Waals surface area contributed by atoms with E-state index in [4.69, 9.17) is 9.47 Å². The highest BCUT2D eigenvalue weighted by atomic mass is 16.5. The third kappa shape index (κ3) is 5.50. The molecule has 0 aliphatic carbocycles. The molecule has 2 amide bonds. The zero-order chi connectivity index (χ0) is 23.0. The Hall–Kier alpha value is -3.42. The number of nitrogens with zero attached hydrogens (tertiary/aromatic N) is 1. The summed E-state index contributed by atoms with van der Waals surface area (Å²) in [6.07, 6.45) is 0. The maximum atomic E-state index is 12.6. The van der Waals surface area contributed by atoms with Crippen LogP contribution in [0.5, 0.6) is 5.75 Å². The number of amides is 2. The Labute approximate surface area is 193 Å². The lowest BCUT2D eigenvalue weighted by Crippen LogP contribution is -2.46. The fourth-order valence-corrected chi connectivity index (χ4v) is 4.24. The molecule has 1 saturated heterocycles. The van der Waals surface area contributed by atoms with E-state index in [1.165, 1.54) is 0 Å². The van der Waals surface area contributed by atoms with Gasteiger partial charge in [0.05, 0.1) is 26.4 Å². The maximum absolute atomic E-state index is 12.6. The average Bonchev–Trinajstić information content (AvgIpc) is 2.88. The van der Waals surface area contributed by atoms with Crippen molar-refractivity contribution in [3.05, 3.63) is 77.9 Å². The molecule has 1 heterocycles. The largest absolute Gasteiger partial charge is 0.496 e. The lowest BCUT2D eigenvalue weighted by Gasteiger charge is -2.35. The topological polar surface area (TPSA) is 79.9 Å². The Bertz CT molecular complexity index is 1110. The maximum Gasteiger partial charge on any atom is 0.309 e. The number of morpholine rings is 1. The highest BCUT2D eigenvalue weighted by Gasteiger charge is 2.25. The number of methoxy groups -OCH3 is 1. The van der Waals surface area contributed by atoms with Crippen LogP contribution in [0.15, 0.2) is 66.7 Å². The molecule has 7 heteroatoms. The molecule has 3 aromatic rings. The van der Waals surface area contributed by atoms with Gasteiger partial charge >= 0.3 is 11.8 Å².